The van der Waals surface area contributed by atoms with Gasteiger partial charge in [-0.05, 0) is 24.3 Å². The van der Waals surface area contributed by atoms with Gasteiger partial charge < -0.3 is 5.32 Å². The van der Waals surface area contributed by atoms with E-state index in [1.165, 1.54) is 6.07 Å². The van der Waals surface area contributed by atoms with Gasteiger partial charge >= 0.3 is 5.69 Å². The first kappa shape index (κ1) is 15.1. The molecule has 1 aromatic heterocycles. The van der Waals surface area contributed by atoms with Crippen molar-refractivity contribution in [2.45, 2.75) is 0 Å². The van der Waals surface area contributed by atoms with Crippen LogP contribution in [0.15, 0.2) is 30.3 Å². The number of carbonyl (C=O) groups is 1. The van der Waals surface area contributed by atoms with Crippen LogP contribution in [0.2, 0.25) is 10.2 Å². The number of hydrogen-bond donors (Lipinski definition) is 1. The summed E-state index contributed by atoms with van der Waals surface area (Å²) in [4.78, 5) is 25.8. The molecular weight excluding hydrogens is 324 g/mol. The fourth-order valence-electron chi connectivity index (χ4n) is 1.52. The molecule has 2 aromatic rings. The first-order valence-corrected chi connectivity index (χ1v) is 6.21. The van der Waals surface area contributed by atoms with Crippen molar-refractivity contribution in [1.29, 1.82) is 0 Å². The Bertz CT molecular complexity index is 740. The van der Waals surface area contributed by atoms with Crippen LogP contribution in [0.1, 0.15) is 10.4 Å². The van der Waals surface area contributed by atoms with Crippen LogP contribution in [0, 0.1) is 15.9 Å². The average molecular weight is 330 g/mol. The van der Waals surface area contributed by atoms with Crippen molar-refractivity contribution in [2.75, 3.05) is 5.32 Å². The molecule has 108 valence electrons. The summed E-state index contributed by atoms with van der Waals surface area (Å²) < 4.78 is 12.9. The summed E-state index contributed by atoms with van der Waals surface area (Å²) in [5.41, 5.74) is -0.472. The van der Waals surface area contributed by atoms with E-state index < -0.39 is 22.3 Å². The van der Waals surface area contributed by atoms with Gasteiger partial charge in [0, 0.05) is 6.07 Å². The molecule has 21 heavy (non-hydrogen) atoms. The number of carbonyl (C=O) groups excluding carboxylic acids is 1. The number of aromatic nitrogens is 1. The Labute approximate surface area is 127 Å². The second kappa shape index (κ2) is 6.02. The highest BCUT2D eigenvalue weighted by Crippen LogP contribution is 2.25. The minimum absolute atomic E-state index is 0.0268. The average Bonchev–Trinajstić information content (AvgIpc) is 2.37. The molecule has 1 aromatic carbocycles. The van der Waals surface area contributed by atoms with Crippen molar-refractivity contribution in [3.05, 3.63) is 62.0 Å². The van der Waals surface area contributed by atoms with Gasteiger partial charge in [-0.1, -0.05) is 23.2 Å². The summed E-state index contributed by atoms with van der Waals surface area (Å²) in [5, 5.41) is 12.9. The van der Waals surface area contributed by atoms with Gasteiger partial charge in [-0.15, -0.1) is 0 Å². The second-order valence-corrected chi connectivity index (χ2v) is 4.63. The van der Waals surface area contributed by atoms with Gasteiger partial charge in [-0.25, -0.2) is 9.37 Å². The fraction of sp³-hybridized carbons (Fsp3) is 0. The van der Waals surface area contributed by atoms with E-state index in [4.69, 9.17) is 23.2 Å². The zero-order valence-corrected chi connectivity index (χ0v) is 11.7. The molecule has 0 spiro atoms. The molecule has 1 N–H and O–H groups in total. The minimum Gasteiger partial charge on any atom is -0.301 e. The molecule has 0 fully saturated rings. The van der Waals surface area contributed by atoms with Gasteiger partial charge in [0.15, 0.2) is 0 Å². The van der Waals surface area contributed by atoms with Crippen molar-refractivity contribution in [3.63, 3.8) is 0 Å². The maximum absolute atomic E-state index is 12.9. The molecule has 9 heteroatoms. The van der Waals surface area contributed by atoms with Gasteiger partial charge in [0.25, 0.3) is 5.91 Å². The summed E-state index contributed by atoms with van der Waals surface area (Å²) in [5.74, 6) is -1.70. The lowest BCUT2D eigenvalue weighted by Gasteiger charge is -2.07. The molecule has 1 heterocycles. The minimum atomic E-state index is -0.766. The molecule has 6 nitrogen and oxygen atoms in total. The second-order valence-electron chi connectivity index (χ2n) is 3.84. The number of nitro groups is 1. The molecule has 2 rings (SSSR count). The topological polar surface area (TPSA) is 85.1 Å². The first-order valence-electron chi connectivity index (χ1n) is 5.46. The Morgan fingerprint density at radius 2 is 2.00 bits per heavy atom. The lowest BCUT2D eigenvalue weighted by atomic mass is 10.2. The summed E-state index contributed by atoms with van der Waals surface area (Å²) in [7, 11) is 0. The van der Waals surface area contributed by atoms with Crippen LogP contribution < -0.4 is 5.32 Å². The van der Waals surface area contributed by atoms with Crippen LogP contribution in [0.4, 0.5) is 15.9 Å². The Hall–Kier alpha value is -2.25. The van der Waals surface area contributed by atoms with E-state index in [1.807, 2.05) is 0 Å². The quantitative estimate of drug-likeness (QED) is 0.528. The van der Waals surface area contributed by atoms with Crippen molar-refractivity contribution in [3.8, 4) is 0 Å². The van der Waals surface area contributed by atoms with Crippen LogP contribution in [-0.4, -0.2) is 15.8 Å². The lowest BCUT2D eigenvalue weighted by molar-refractivity contribution is -0.384. The summed E-state index contributed by atoms with van der Waals surface area (Å²) in [6.45, 7) is 0. The van der Waals surface area contributed by atoms with E-state index in [2.05, 4.69) is 10.3 Å². The molecule has 0 aliphatic rings. The van der Waals surface area contributed by atoms with Crippen molar-refractivity contribution in [2.24, 2.45) is 0 Å². The third-order valence-corrected chi connectivity index (χ3v) is 2.97. The third-order valence-electron chi connectivity index (χ3n) is 2.44. The Kier molecular flexibility index (Phi) is 4.35. The van der Waals surface area contributed by atoms with E-state index in [1.54, 1.807) is 0 Å². The largest absolute Gasteiger partial charge is 0.311 e. The van der Waals surface area contributed by atoms with Crippen molar-refractivity contribution < 1.29 is 14.1 Å². The maximum atomic E-state index is 12.9. The van der Waals surface area contributed by atoms with E-state index in [0.29, 0.717) is 0 Å². The summed E-state index contributed by atoms with van der Waals surface area (Å²) in [6.07, 6.45) is 0. The highest BCUT2D eigenvalue weighted by atomic mass is 35.5. The predicted molar refractivity (Wildman–Crippen MR) is 75.3 cm³/mol. The SMILES string of the molecule is O=C(Nc1nc(Cl)ccc1[N+](=O)[O-])c1ccc(F)cc1Cl. The van der Waals surface area contributed by atoms with Gasteiger partial charge in [0.2, 0.25) is 5.82 Å². The van der Waals surface area contributed by atoms with Gasteiger partial charge in [0.05, 0.1) is 15.5 Å². The number of hydrogen-bond acceptors (Lipinski definition) is 4. The lowest BCUT2D eigenvalue weighted by Crippen LogP contribution is -2.15. The van der Waals surface area contributed by atoms with E-state index >= 15 is 0 Å². The molecule has 1 amide bonds. The van der Waals surface area contributed by atoms with E-state index in [9.17, 15) is 19.3 Å². The number of halogens is 3. The Morgan fingerprint density at radius 1 is 1.29 bits per heavy atom. The van der Waals surface area contributed by atoms with Gasteiger partial charge in [-0.2, -0.15) is 0 Å². The van der Waals surface area contributed by atoms with Gasteiger partial charge in [-0.3, -0.25) is 14.9 Å². The molecule has 0 aliphatic carbocycles. The zero-order valence-electron chi connectivity index (χ0n) is 10.1. The number of anilines is 1. The predicted octanol–water partition coefficient (Wildman–Crippen LogP) is 3.69. The highest BCUT2D eigenvalue weighted by Gasteiger charge is 2.20. The molecule has 0 atom stereocenters. The standard InChI is InChI=1S/C12H6Cl2FN3O3/c13-8-5-6(15)1-2-7(8)12(19)17-11-9(18(20)21)3-4-10(14)16-11/h1-5H,(H,16,17,19). The van der Waals surface area contributed by atoms with Crippen LogP contribution in [-0.2, 0) is 0 Å². The van der Waals surface area contributed by atoms with Crippen molar-refractivity contribution >= 4 is 40.6 Å². The number of nitrogens with zero attached hydrogens (tertiary/aromatic N) is 2. The molecule has 0 radical (unpaired) electrons. The van der Waals surface area contributed by atoms with Crippen LogP contribution in [0.25, 0.3) is 0 Å². The number of amides is 1. The molecule has 0 saturated heterocycles. The summed E-state index contributed by atoms with van der Waals surface area (Å²) in [6, 6.07) is 5.48. The normalized spacial score (nSPS) is 10.2. The monoisotopic (exact) mass is 329 g/mol. The van der Waals surface area contributed by atoms with Crippen LogP contribution >= 0.6 is 23.2 Å². The molecule has 0 bridgehead atoms. The fourth-order valence-corrected chi connectivity index (χ4v) is 1.92. The molecule has 0 saturated carbocycles. The Balaban J connectivity index is 2.35. The zero-order chi connectivity index (χ0) is 15.6. The number of rotatable bonds is 3. The third kappa shape index (κ3) is 3.45. The van der Waals surface area contributed by atoms with Crippen LogP contribution in [0.3, 0.4) is 0 Å². The molecular formula is C12H6Cl2FN3O3. The van der Waals surface area contributed by atoms with Crippen LogP contribution in [0.5, 0.6) is 0 Å². The summed E-state index contributed by atoms with van der Waals surface area (Å²) >= 11 is 11.4. The maximum Gasteiger partial charge on any atom is 0.311 e. The number of benzene rings is 1. The molecule has 0 aliphatic heterocycles. The first-order chi connectivity index (χ1) is 9.88. The molecule has 0 unspecified atom stereocenters. The van der Waals surface area contributed by atoms with E-state index in [0.717, 1.165) is 24.3 Å². The van der Waals surface area contributed by atoms with E-state index in [-0.39, 0.29) is 21.6 Å². The van der Waals surface area contributed by atoms with Gasteiger partial charge in [0.1, 0.15) is 11.0 Å². The smallest absolute Gasteiger partial charge is 0.301 e. The highest BCUT2D eigenvalue weighted by molar-refractivity contribution is 6.34. The van der Waals surface area contributed by atoms with Crippen molar-refractivity contribution in [1.82, 2.24) is 4.98 Å². The number of nitrogens with one attached hydrogen (secondary N) is 1. The number of pyridine rings is 1. The Morgan fingerprint density at radius 3 is 2.62 bits per heavy atom.